The largest absolute Gasteiger partial charge is 0.480 e. The van der Waals surface area contributed by atoms with Crippen LogP contribution in [0.1, 0.15) is 19.3 Å². The molecule has 0 aromatic rings. The van der Waals surface area contributed by atoms with E-state index in [0.29, 0.717) is 5.75 Å². The number of carboxylic acids is 1. The van der Waals surface area contributed by atoms with Gasteiger partial charge in [0.25, 0.3) is 0 Å². The second-order valence-electron chi connectivity index (χ2n) is 4.65. The lowest BCUT2D eigenvalue weighted by Crippen LogP contribution is -2.55. The Morgan fingerprint density at radius 2 is 2.50 bits per heavy atom. The molecule has 2 fully saturated rings. The van der Waals surface area contributed by atoms with Crippen molar-refractivity contribution >= 4 is 17.7 Å². The maximum absolute atomic E-state index is 11.4. The van der Waals surface area contributed by atoms with E-state index < -0.39 is 11.5 Å². The van der Waals surface area contributed by atoms with Gasteiger partial charge in [-0.25, -0.2) is 0 Å². The molecule has 2 heterocycles. The summed E-state index contributed by atoms with van der Waals surface area (Å²) in [5, 5.41) is 9.41. The third kappa shape index (κ3) is 2.21. The summed E-state index contributed by atoms with van der Waals surface area (Å²) < 4.78 is 5.57. The molecular formula is C11H19NO3S. The summed E-state index contributed by atoms with van der Waals surface area (Å²) in [6.07, 6.45) is 3.14. The molecule has 2 unspecified atom stereocenters. The van der Waals surface area contributed by atoms with Crippen molar-refractivity contribution in [1.82, 2.24) is 4.90 Å². The average Bonchev–Trinajstić information content (AvgIpc) is 2.87. The molecule has 2 aliphatic heterocycles. The van der Waals surface area contributed by atoms with Crippen LogP contribution in [0.15, 0.2) is 0 Å². The fraction of sp³-hybridized carbons (Fsp3) is 0.909. The van der Waals surface area contributed by atoms with Crippen molar-refractivity contribution in [1.29, 1.82) is 0 Å². The Morgan fingerprint density at radius 1 is 1.69 bits per heavy atom. The van der Waals surface area contributed by atoms with Gasteiger partial charge in [0, 0.05) is 18.9 Å². The summed E-state index contributed by atoms with van der Waals surface area (Å²) >= 11 is 1.73. The number of carbonyl (C=O) groups is 1. The van der Waals surface area contributed by atoms with Crippen molar-refractivity contribution in [2.75, 3.05) is 31.7 Å². The third-order valence-electron chi connectivity index (χ3n) is 3.63. The highest BCUT2D eigenvalue weighted by molar-refractivity contribution is 7.99. The molecule has 2 aliphatic rings. The van der Waals surface area contributed by atoms with E-state index >= 15 is 0 Å². The highest BCUT2D eigenvalue weighted by atomic mass is 32.2. The van der Waals surface area contributed by atoms with Crippen LogP contribution in [0.2, 0.25) is 0 Å². The summed E-state index contributed by atoms with van der Waals surface area (Å²) in [4.78, 5) is 13.4. The predicted octanol–water partition coefficient (Wildman–Crippen LogP) is 1.06. The van der Waals surface area contributed by atoms with Gasteiger partial charge in [0.2, 0.25) is 0 Å². The molecule has 0 saturated carbocycles. The molecular weight excluding hydrogens is 226 g/mol. The third-order valence-corrected chi connectivity index (χ3v) is 4.81. The summed E-state index contributed by atoms with van der Waals surface area (Å²) in [6, 6.07) is 0. The van der Waals surface area contributed by atoms with Gasteiger partial charge in [-0.05, 0) is 32.1 Å². The van der Waals surface area contributed by atoms with Crippen molar-refractivity contribution in [3.63, 3.8) is 0 Å². The Bertz CT molecular complexity index is 260. The summed E-state index contributed by atoms with van der Waals surface area (Å²) in [6.45, 7) is 1.57. The molecule has 1 N–H and O–H groups in total. The minimum absolute atomic E-state index is 0.229. The number of carboxylic acid groups (broad SMARTS) is 1. The number of hydrogen-bond donors (Lipinski definition) is 1. The van der Waals surface area contributed by atoms with E-state index in [0.717, 1.165) is 38.2 Å². The highest BCUT2D eigenvalue weighted by Gasteiger charge is 2.46. The van der Waals surface area contributed by atoms with Crippen molar-refractivity contribution in [2.24, 2.45) is 0 Å². The number of aliphatic carboxylic acids is 1. The quantitative estimate of drug-likeness (QED) is 0.802. The van der Waals surface area contributed by atoms with E-state index in [4.69, 9.17) is 4.74 Å². The minimum Gasteiger partial charge on any atom is -0.480 e. The number of likely N-dealkylation sites (N-methyl/N-ethyl adjacent to an activating group) is 1. The normalized spacial score (nSPS) is 34.8. The first-order chi connectivity index (χ1) is 7.65. The van der Waals surface area contributed by atoms with Gasteiger partial charge < -0.3 is 9.84 Å². The first-order valence-corrected chi connectivity index (χ1v) is 6.94. The zero-order valence-corrected chi connectivity index (χ0v) is 10.5. The Kier molecular flexibility index (Phi) is 3.77. The Labute approximate surface area is 100 Å². The van der Waals surface area contributed by atoms with Crippen LogP contribution in [0.3, 0.4) is 0 Å². The topological polar surface area (TPSA) is 49.8 Å². The van der Waals surface area contributed by atoms with Gasteiger partial charge in [-0.15, -0.1) is 0 Å². The van der Waals surface area contributed by atoms with Gasteiger partial charge in [0.1, 0.15) is 5.54 Å². The lowest BCUT2D eigenvalue weighted by molar-refractivity contribution is -0.149. The SMILES string of the molecule is CN(CC1CCCO1)C1(C(=O)O)CCSC1. The monoisotopic (exact) mass is 245 g/mol. The molecule has 0 bridgehead atoms. The molecule has 2 saturated heterocycles. The maximum Gasteiger partial charge on any atom is 0.325 e. The van der Waals surface area contributed by atoms with Crippen LogP contribution in [0, 0.1) is 0 Å². The molecule has 5 heteroatoms. The van der Waals surface area contributed by atoms with Crippen molar-refractivity contribution < 1.29 is 14.6 Å². The number of rotatable bonds is 4. The molecule has 92 valence electrons. The Morgan fingerprint density at radius 3 is 3.00 bits per heavy atom. The first kappa shape index (κ1) is 12.2. The molecule has 4 nitrogen and oxygen atoms in total. The zero-order chi connectivity index (χ0) is 11.6. The fourth-order valence-corrected chi connectivity index (χ4v) is 3.91. The van der Waals surface area contributed by atoms with Crippen LogP contribution in [-0.2, 0) is 9.53 Å². The first-order valence-electron chi connectivity index (χ1n) is 5.79. The van der Waals surface area contributed by atoms with E-state index in [1.165, 1.54) is 0 Å². The predicted molar refractivity (Wildman–Crippen MR) is 63.9 cm³/mol. The number of hydrogen-bond acceptors (Lipinski definition) is 4. The fourth-order valence-electron chi connectivity index (χ4n) is 2.46. The minimum atomic E-state index is -0.682. The van der Waals surface area contributed by atoms with Crippen molar-refractivity contribution in [2.45, 2.75) is 30.9 Å². The summed E-state index contributed by atoms with van der Waals surface area (Å²) in [7, 11) is 1.92. The van der Waals surface area contributed by atoms with Crippen LogP contribution in [0.25, 0.3) is 0 Å². The van der Waals surface area contributed by atoms with Gasteiger partial charge in [-0.2, -0.15) is 11.8 Å². The molecule has 0 spiro atoms. The molecule has 0 aromatic carbocycles. The number of thioether (sulfide) groups is 1. The van der Waals surface area contributed by atoms with Gasteiger partial charge >= 0.3 is 5.97 Å². The van der Waals surface area contributed by atoms with Crippen LogP contribution in [0.5, 0.6) is 0 Å². The Hall–Kier alpha value is -0.260. The molecule has 0 aliphatic carbocycles. The second kappa shape index (κ2) is 4.94. The van der Waals surface area contributed by atoms with E-state index in [9.17, 15) is 9.90 Å². The van der Waals surface area contributed by atoms with Gasteiger partial charge in [0.05, 0.1) is 6.10 Å². The maximum atomic E-state index is 11.4. The van der Waals surface area contributed by atoms with Crippen molar-refractivity contribution in [3.8, 4) is 0 Å². The smallest absolute Gasteiger partial charge is 0.325 e. The molecule has 0 aromatic heterocycles. The van der Waals surface area contributed by atoms with Crippen LogP contribution in [-0.4, -0.2) is 59.3 Å². The molecule has 2 rings (SSSR count). The van der Waals surface area contributed by atoms with E-state index in [1.807, 2.05) is 11.9 Å². The molecule has 0 amide bonds. The number of nitrogens with zero attached hydrogens (tertiary/aromatic N) is 1. The summed E-state index contributed by atoms with van der Waals surface area (Å²) in [5.74, 6) is 0.964. The molecule has 16 heavy (non-hydrogen) atoms. The lowest BCUT2D eigenvalue weighted by Gasteiger charge is -2.35. The molecule has 2 atom stereocenters. The van der Waals surface area contributed by atoms with E-state index in [2.05, 4.69) is 0 Å². The Balaban J connectivity index is 1.99. The molecule has 0 radical (unpaired) electrons. The van der Waals surface area contributed by atoms with E-state index in [-0.39, 0.29) is 6.10 Å². The van der Waals surface area contributed by atoms with Gasteiger partial charge in [-0.1, -0.05) is 0 Å². The highest BCUT2D eigenvalue weighted by Crippen LogP contribution is 2.33. The van der Waals surface area contributed by atoms with Crippen LogP contribution in [0.4, 0.5) is 0 Å². The summed E-state index contributed by atoms with van der Waals surface area (Å²) in [5.41, 5.74) is -0.656. The second-order valence-corrected chi connectivity index (χ2v) is 5.76. The van der Waals surface area contributed by atoms with Crippen molar-refractivity contribution in [3.05, 3.63) is 0 Å². The van der Waals surface area contributed by atoms with E-state index in [1.54, 1.807) is 11.8 Å². The number of ether oxygens (including phenoxy) is 1. The van der Waals surface area contributed by atoms with Gasteiger partial charge in [0.15, 0.2) is 0 Å². The van der Waals surface area contributed by atoms with Crippen LogP contribution < -0.4 is 0 Å². The average molecular weight is 245 g/mol. The standard InChI is InChI=1S/C11H19NO3S/c1-12(7-9-3-2-5-15-9)11(10(13)14)4-6-16-8-11/h9H,2-8H2,1H3,(H,13,14). The lowest BCUT2D eigenvalue weighted by atomic mass is 9.96. The van der Waals surface area contributed by atoms with Gasteiger partial charge in [-0.3, -0.25) is 9.69 Å². The van der Waals surface area contributed by atoms with Crippen LogP contribution >= 0.6 is 11.8 Å². The zero-order valence-electron chi connectivity index (χ0n) is 9.65.